The van der Waals surface area contributed by atoms with Crippen LogP contribution >= 0.6 is 11.3 Å². The number of para-hydroxylation sites is 1. The number of anilines is 1. The van der Waals surface area contributed by atoms with Crippen LogP contribution in [0.15, 0.2) is 52.5 Å². The second-order valence-corrected chi connectivity index (χ2v) is 6.38. The molecule has 0 saturated heterocycles. The third kappa shape index (κ3) is 2.43. The first-order valence-corrected chi connectivity index (χ1v) is 8.58. The minimum Gasteiger partial charge on any atom is -0.450 e. The van der Waals surface area contributed by atoms with Crippen LogP contribution in [0.2, 0.25) is 0 Å². The van der Waals surface area contributed by atoms with E-state index in [4.69, 9.17) is 4.42 Å². The number of hydrogen-bond acceptors (Lipinski definition) is 7. The van der Waals surface area contributed by atoms with Crippen molar-refractivity contribution in [2.45, 2.75) is 6.54 Å². The van der Waals surface area contributed by atoms with Crippen molar-refractivity contribution in [1.29, 1.82) is 0 Å². The van der Waals surface area contributed by atoms with E-state index >= 15 is 0 Å². The lowest BCUT2D eigenvalue weighted by Gasteiger charge is -2.02. The summed E-state index contributed by atoms with van der Waals surface area (Å²) in [7, 11) is 0. The summed E-state index contributed by atoms with van der Waals surface area (Å²) < 4.78 is 5.90. The van der Waals surface area contributed by atoms with Crippen LogP contribution in [-0.2, 0) is 6.54 Å². The third-order valence-electron chi connectivity index (χ3n) is 3.85. The highest BCUT2D eigenvalue weighted by atomic mass is 32.1. The average molecular weight is 348 g/mol. The van der Waals surface area contributed by atoms with Gasteiger partial charge in [0.25, 0.3) is 0 Å². The molecule has 25 heavy (non-hydrogen) atoms. The fourth-order valence-electron chi connectivity index (χ4n) is 2.71. The van der Waals surface area contributed by atoms with Crippen molar-refractivity contribution < 1.29 is 4.42 Å². The van der Waals surface area contributed by atoms with Crippen molar-refractivity contribution in [2.75, 3.05) is 5.32 Å². The maximum absolute atomic E-state index is 5.90. The van der Waals surface area contributed by atoms with E-state index in [9.17, 15) is 0 Å². The summed E-state index contributed by atoms with van der Waals surface area (Å²) in [5, 5.41) is 13.4. The Labute approximate surface area is 145 Å². The lowest BCUT2D eigenvalue weighted by Crippen LogP contribution is -2.03. The van der Waals surface area contributed by atoms with Gasteiger partial charge in [0.1, 0.15) is 23.3 Å². The van der Waals surface area contributed by atoms with Gasteiger partial charge in [-0.05, 0) is 23.6 Å². The molecule has 0 aliphatic rings. The quantitative estimate of drug-likeness (QED) is 0.513. The normalized spacial score (nSPS) is 11.4. The standard InChI is InChI=1S/C17H12N6OS/c1-2-5-11-10(4-1)14-15(24-11)17(20-9-19-14)18-8-13-21-16(23-22-13)12-6-3-7-25-12/h1-7,9H,8H2,(H,18,19,20)(H,21,22,23). The molecular weight excluding hydrogens is 336 g/mol. The van der Waals surface area contributed by atoms with Crippen LogP contribution in [0.3, 0.4) is 0 Å². The van der Waals surface area contributed by atoms with Gasteiger partial charge in [-0.2, -0.15) is 5.10 Å². The number of thiophene rings is 1. The van der Waals surface area contributed by atoms with Crippen LogP contribution in [0, 0.1) is 0 Å². The summed E-state index contributed by atoms with van der Waals surface area (Å²) in [5.74, 6) is 2.06. The van der Waals surface area contributed by atoms with Gasteiger partial charge >= 0.3 is 0 Å². The molecule has 4 aromatic heterocycles. The predicted molar refractivity (Wildman–Crippen MR) is 96.3 cm³/mol. The lowest BCUT2D eigenvalue weighted by atomic mass is 10.2. The van der Waals surface area contributed by atoms with E-state index in [1.165, 1.54) is 6.33 Å². The molecule has 0 amide bonds. The fraction of sp³-hybridized carbons (Fsp3) is 0.0588. The van der Waals surface area contributed by atoms with Crippen molar-refractivity contribution in [2.24, 2.45) is 0 Å². The number of nitrogens with zero attached hydrogens (tertiary/aromatic N) is 4. The maximum atomic E-state index is 5.90. The molecule has 0 fully saturated rings. The van der Waals surface area contributed by atoms with Crippen LogP contribution in [0.5, 0.6) is 0 Å². The molecule has 5 rings (SSSR count). The Hall–Kier alpha value is -3.26. The molecule has 0 bridgehead atoms. The number of H-pyrrole nitrogens is 1. The molecule has 0 spiro atoms. The number of aromatic nitrogens is 5. The molecular formula is C17H12N6OS. The number of furan rings is 1. The molecule has 7 nitrogen and oxygen atoms in total. The lowest BCUT2D eigenvalue weighted by molar-refractivity contribution is 0.666. The molecule has 0 saturated carbocycles. The monoisotopic (exact) mass is 348 g/mol. The molecule has 0 unspecified atom stereocenters. The first-order valence-electron chi connectivity index (χ1n) is 7.70. The van der Waals surface area contributed by atoms with Gasteiger partial charge in [-0.3, -0.25) is 5.10 Å². The van der Waals surface area contributed by atoms with Crippen molar-refractivity contribution >= 4 is 39.2 Å². The van der Waals surface area contributed by atoms with E-state index in [0.29, 0.717) is 23.8 Å². The Kier molecular flexibility index (Phi) is 3.20. The third-order valence-corrected chi connectivity index (χ3v) is 4.72. The first kappa shape index (κ1) is 14.1. The summed E-state index contributed by atoms with van der Waals surface area (Å²) in [6, 6.07) is 11.8. The molecule has 0 atom stereocenters. The molecule has 1 aromatic carbocycles. The Morgan fingerprint density at radius 3 is 3.00 bits per heavy atom. The molecule has 4 heterocycles. The fourth-order valence-corrected chi connectivity index (χ4v) is 3.36. The zero-order chi connectivity index (χ0) is 16.6. The van der Waals surface area contributed by atoms with Crippen molar-refractivity contribution in [3.63, 3.8) is 0 Å². The average Bonchev–Trinajstić information content (AvgIpc) is 3.38. The van der Waals surface area contributed by atoms with Crippen LogP contribution in [0.4, 0.5) is 5.82 Å². The summed E-state index contributed by atoms with van der Waals surface area (Å²) >= 11 is 1.61. The number of hydrogen-bond donors (Lipinski definition) is 2. The second kappa shape index (κ2) is 5.67. The summed E-state index contributed by atoms with van der Waals surface area (Å²) in [4.78, 5) is 14.2. The topological polar surface area (TPSA) is 92.5 Å². The molecule has 122 valence electrons. The summed E-state index contributed by atoms with van der Waals surface area (Å²) in [5.41, 5.74) is 2.23. The summed E-state index contributed by atoms with van der Waals surface area (Å²) in [6.45, 7) is 0.460. The SMILES string of the molecule is c1csc(-c2n[nH]c(CNc3ncnc4c3oc3ccccc34)n2)c1. The Bertz CT molecular complexity index is 1160. The number of rotatable bonds is 4. The van der Waals surface area contributed by atoms with Crippen LogP contribution < -0.4 is 5.32 Å². The number of aromatic amines is 1. The number of nitrogens with one attached hydrogen (secondary N) is 2. The summed E-state index contributed by atoms with van der Waals surface area (Å²) in [6.07, 6.45) is 1.53. The van der Waals surface area contributed by atoms with Gasteiger partial charge in [0.05, 0.1) is 11.4 Å². The number of fused-ring (bicyclic) bond motifs is 3. The van der Waals surface area contributed by atoms with E-state index in [0.717, 1.165) is 27.2 Å². The van der Waals surface area contributed by atoms with Crippen LogP contribution in [0.25, 0.3) is 32.8 Å². The highest BCUT2D eigenvalue weighted by Crippen LogP contribution is 2.30. The molecule has 2 N–H and O–H groups in total. The van der Waals surface area contributed by atoms with Gasteiger partial charge in [0, 0.05) is 5.39 Å². The highest BCUT2D eigenvalue weighted by molar-refractivity contribution is 7.13. The molecule has 0 aliphatic carbocycles. The van der Waals surface area contributed by atoms with Gasteiger partial charge in [-0.15, -0.1) is 11.3 Å². The van der Waals surface area contributed by atoms with Crippen molar-refractivity contribution in [1.82, 2.24) is 25.1 Å². The Morgan fingerprint density at radius 2 is 2.08 bits per heavy atom. The zero-order valence-electron chi connectivity index (χ0n) is 12.9. The van der Waals surface area contributed by atoms with Gasteiger partial charge < -0.3 is 9.73 Å². The first-order chi connectivity index (χ1) is 12.4. The minimum atomic E-state index is 0.460. The van der Waals surface area contributed by atoms with Gasteiger partial charge in [-0.25, -0.2) is 15.0 Å². The molecule has 5 aromatic rings. The minimum absolute atomic E-state index is 0.460. The van der Waals surface area contributed by atoms with E-state index in [1.807, 2.05) is 41.8 Å². The number of benzene rings is 1. The molecule has 0 radical (unpaired) electrons. The zero-order valence-corrected chi connectivity index (χ0v) is 13.7. The molecule has 0 aliphatic heterocycles. The Balaban J connectivity index is 1.44. The van der Waals surface area contributed by atoms with Crippen molar-refractivity contribution in [3.05, 3.63) is 53.9 Å². The molecule has 8 heteroatoms. The smallest absolute Gasteiger partial charge is 0.196 e. The van der Waals surface area contributed by atoms with E-state index in [1.54, 1.807) is 11.3 Å². The second-order valence-electron chi connectivity index (χ2n) is 5.43. The predicted octanol–water partition coefficient (Wildman–Crippen LogP) is 3.83. The van der Waals surface area contributed by atoms with Crippen molar-refractivity contribution in [3.8, 4) is 10.7 Å². The van der Waals surface area contributed by atoms with Crippen LogP contribution in [0.1, 0.15) is 5.82 Å². The Morgan fingerprint density at radius 1 is 1.12 bits per heavy atom. The van der Waals surface area contributed by atoms with E-state index < -0.39 is 0 Å². The van der Waals surface area contributed by atoms with Gasteiger partial charge in [0.2, 0.25) is 0 Å². The van der Waals surface area contributed by atoms with Gasteiger partial charge in [-0.1, -0.05) is 18.2 Å². The van der Waals surface area contributed by atoms with E-state index in [-0.39, 0.29) is 0 Å². The maximum Gasteiger partial charge on any atom is 0.196 e. The highest BCUT2D eigenvalue weighted by Gasteiger charge is 2.13. The van der Waals surface area contributed by atoms with Crippen LogP contribution in [-0.4, -0.2) is 25.1 Å². The largest absolute Gasteiger partial charge is 0.450 e. The van der Waals surface area contributed by atoms with E-state index in [2.05, 4.69) is 30.5 Å². The van der Waals surface area contributed by atoms with Gasteiger partial charge in [0.15, 0.2) is 17.2 Å².